The van der Waals surface area contributed by atoms with Gasteiger partial charge in [-0.05, 0) is 80.1 Å². The van der Waals surface area contributed by atoms with Crippen LogP contribution in [-0.2, 0) is 24.2 Å². The SMILES string of the molecule is Cc1cc(/C=C2\SC(=O)N(Cc3ccccc3)C2=O)c(C)n1-c1sc2c(c1C(=O)O)CCCC2. The maximum absolute atomic E-state index is 13.0. The fourth-order valence-electron chi connectivity index (χ4n) is 4.72. The van der Waals surface area contributed by atoms with Crippen molar-refractivity contribution >= 4 is 46.3 Å². The Morgan fingerprint density at radius 1 is 1.12 bits per heavy atom. The summed E-state index contributed by atoms with van der Waals surface area (Å²) in [6.45, 7) is 4.11. The molecule has 0 radical (unpaired) electrons. The van der Waals surface area contributed by atoms with E-state index in [4.69, 9.17) is 0 Å². The largest absolute Gasteiger partial charge is 0.478 e. The summed E-state index contributed by atoms with van der Waals surface area (Å²) in [7, 11) is 0. The van der Waals surface area contributed by atoms with Crippen LogP contribution >= 0.6 is 23.1 Å². The number of carboxylic acid groups (broad SMARTS) is 1. The zero-order valence-corrected chi connectivity index (χ0v) is 20.6. The van der Waals surface area contributed by atoms with Crippen LogP contribution in [0.25, 0.3) is 11.1 Å². The molecule has 1 aromatic carbocycles. The molecule has 0 unspecified atom stereocenters. The molecule has 6 nitrogen and oxygen atoms in total. The Bertz CT molecular complexity index is 1350. The maximum atomic E-state index is 13.0. The van der Waals surface area contributed by atoms with Crippen LogP contribution in [-0.4, -0.2) is 31.7 Å². The monoisotopic (exact) mass is 492 g/mol. The minimum absolute atomic E-state index is 0.241. The molecule has 0 bridgehead atoms. The smallest absolute Gasteiger partial charge is 0.339 e. The number of rotatable bonds is 5. The topological polar surface area (TPSA) is 79.6 Å². The van der Waals surface area contributed by atoms with Crippen molar-refractivity contribution in [1.82, 2.24) is 9.47 Å². The van der Waals surface area contributed by atoms with Crippen molar-refractivity contribution in [2.45, 2.75) is 46.1 Å². The van der Waals surface area contributed by atoms with Gasteiger partial charge in [-0.2, -0.15) is 0 Å². The first-order chi connectivity index (χ1) is 16.3. The Kier molecular flexibility index (Phi) is 5.95. The molecule has 8 heteroatoms. The number of carbonyl (C=O) groups is 3. The maximum Gasteiger partial charge on any atom is 0.339 e. The average molecular weight is 493 g/mol. The number of hydrogen-bond donors (Lipinski definition) is 1. The lowest BCUT2D eigenvalue weighted by atomic mass is 9.95. The second-order valence-corrected chi connectivity index (χ2v) is 10.7. The normalized spacial score (nSPS) is 17.0. The number of imide groups is 1. The first-order valence-corrected chi connectivity index (χ1v) is 12.8. The molecule has 174 valence electrons. The van der Waals surface area contributed by atoms with Crippen molar-refractivity contribution in [3.05, 3.63) is 79.8 Å². The third-order valence-corrected chi connectivity index (χ3v) is 8.57. The van der Waals surface area contributed by atoms with Crippen molar-refractivity contribution in [3.63, 3.8) is 0 Å². The number of carbonyl (C=O) groups excluding carboxylic acids is 2. The summed E-state index contributed by atoms with van der Waals surface area (Å²) < 4.78 is 1.98. The second kappa shape index (κ2) is 8.92. The Balaban J connectivity index is 1.50. The molecule has 34 heavy (non-hydrogen) atoms. The van der Waals surface area contributed by atoms with E-state index in [0.717, 1.165) is 75.4 Å². The number of amides is 2. The average Bonchev–Trinajstić information content (AvgIpc) is 3.41. The molecule has 1 N–H and O–H groups in total. The molecule has 0 saturated carbocycles. The number of aromatic carboxylic acids is 1. The molecule has 1 saturated heterocycles. The highest BCUT2D eigenvalue weighted by molar-refractivity contribution is 8.18. The van der Waals surface area contributed by atoms with Crippen LogP contribution in [0.3, 0.4) is 0 Å². The minimum Gasteiger partial charge on any atom is -0.478 e. The van der Waals surface area contributed by atoms with E-state index in [0.29, 0.717) is 10.5 Å². The van der Waals surface area contributed by atoms with Crippen molar-refractivity contribution in [2.24, 2.45) is 0 Å². The van der Waals surface area contributed by atoms with Gasteiger partial charge in [-0.25, -0.2) is 4.79 Å². The molecule has 0 atom stereocenters. The lowest BCUT2D eigenvalue weighted by molar-refractivity contribution is -0.123. The van der Waals surface area contributed by atoms with Crippen molar-refractivity contribution in [3.8, 4) is 5.00 Å². The van der Waals surface area contributed by atoms with E-state index >= 15 is 0 Å². The van der Waals surface area contributed by atoms with Crippen LogP contribution in [0.1, 0.15) is 56.2 Å². The van der Waals surface area contributed by atoms with E-state index in [-0.39, 0.29) is 17.7 Å². The van der Waals surface area contributed by atoms with Gasteiger partial charge in [0.2, 0.25) is 0 Å². The van der Waals surface area contributed by atoms with Crippen LogP contribution < -0.4 is 0 Å². The van der Waals surface area contributed by atoms with Gasteiger partial charge in [0.15, 0.2) is 0 Å². The van der Waals surface area contributed by atoms with Crippen LogP contribution in [0.2, 0.25) is 0 Å². The van der Waals surface area contributed by atoms with Crippen molar-refractivity contribution in [2.75, 3.05) is 0 Å². The molecule has 1 aliphatic carbocycles. The van der Waals surface area contributed by atoms with Crippen molar-refractivity contribution in [1.29, 1.82) is 0 Å². The van der Waals surface area contributed by atoms with E-state index in [9.17, 15) is 19.5 Å². The molecule has 3 heterocycles. The number of benzene rings is 1. The Morgan fingerprint density at radius 3 is 2.59 bits per heavy atom. The van der Waals surface area contributed by atoms with Gasteiger partial charge in [-0.3, -0.25) is 14.5 Å². The van der Waals surface area contributed by atoms with Gasteiger partial charge >= 0.3 is 5.97 Å². The molecule has 5 rings (SSSR count). The fraction of sp³-hybridized carbons (Fsp3) is 0.269. The highest BCUT2D eigenvalue weighted by atomic mass is 32.2. The van der Waals surface area contributed by atoms with Gasteiger partial charge in [0.25, 0.3) is 11.1 Å². The first-order valence-electron chi connectivity index (χ1n) is 11.2. The van der Waals surface area contributed by atoms with E-state index in [1.165, 1.54) is 4.90 Å². The first kappa shape index (κ1) is 22.7. The summed E-state index contributed by atoms with van der Waals surface area (Å²) in [5.74, 6) is -1.20. The van der Waals surface area contributed by atoms with Crippen LogP contribution in [0.15, 0.2) is 41.3 Å². The van der Waals surface area contributed by atoms with Gasteiger partial charge in [0, 0.05) is 16.3 Å². The van der Waals surface area contributed by atoms with E-state index < -0.39 is 5.97 Å². The molecule has 0 spiro atoms. The molecular weight excluding hydrogens is 468 g/mol. The number of thiophene rings is 1. The Labute approximate surface area is 205 Å². The van der Waals surface area contributed by atoms with Gasteiger partial charge in [0.1, 0.15) is 5.00 Å². The molecule has 3 aromatic rings. The Morgan fingerprint density at radius 2 is 1.85 bits per heavy atom. The van der Waals surface area contributed by atoms with Crippen LogP contribution in [0.4, 0.5) is 4.79 Å². The summed E-state index contributed by atoms with van der Waals surface area (Å²) in [6.07, 6.45) is 5.56. The fourth-order valence-corrected chi connectivity index (χ4v) is 7.04. The minimum atomic E-state index is -0.898. The molecule has 1 aliphatic heterocycles. The van der Waals surface area contributed by atoms with Crippen LogP contribution in [0, 0.1) is 13.8 Å². The number of thioether (sulfide) groups is 1. The summed E-state index contributed by atoms with van der Waals surface area (Å²) >= 11 is 2.50. The third-order valence-electron chi connectivity index (χ3n) is 6.38. The summed E-state index contributed by atoms with van der Waals surface area (Å²) in [6, 6.07) is 11.4. The summed E-state index contributed by atoms with van der Waals surface area (Å²) in [5.41, 5.74) is 4.82. The van der Waals surface area contributed by atoms with Gasteiger partial charge in [-0.1, -0.05) is 30.3 Å². The number of nitrogens with zero attached hydrogens (tertiary/aromatic N) is 2. The quantitative estimate of drug-likeness (QED) is 0.444. The molecular formula is C26H24N2O4S2. The summed E-state index contributed by atoms with van der Waals surface area (Å²) in [4.78, 5) is 40.6. The molecule has 2 aliphatic rings. The highest BCUT2D eigenvalue weighted by Gasteiger charge is 2.35. The van der Waals surface area contributed by atoms with E-state index in [1.807, 2.05) is 54.8 Å². The molecule has 2 aromatic heterocycles. The van der Waals surface area contributed by atoms with Gasteiger partial charge in [0.05, 0.1) is 17.0 Å². The Hall–Kier alpha value is -3.10. The number of fused-ring (bicyclic) bond motifs is 1. The number of aromatic nitrogens is 1. The zero-order valence-electron chi connectivity index (χ0n) is 19.0. The zero-order chi connectivity index (χ0) is 24.0. The number of carboxylic acids is 1. The standard InChI is InChI=1S/C26H24N2O4S2/c1-15-12-18(13-21-23(29)27(26(32)34-21)14-17-8-4-3-5-9-17)16(2)28(15)24-22(25(30)31)19-10-6-7-11-20(19)33-24/h3-5,8-9,12-13H,6-7,10-11,14H2,1-2H3,(H,30,31)/b21-13-. The third kappa shape index (κ3) is 3.91. The lowest BCUT2D eigenvalue weighted by Crippen LogP contribution is -2.27. The predicted octanol–water partition coefficient (Wildman–Crippen LogP) is 5.97. The lowest BCUT2D eigenvalue weighted by Gasteiger charge is -2.12. The number of hydrogen-bond acceptors (Lipinski definition) is 5. The van der Waals surface area contributed by atoms with E-state index in [1.54, 1.807) is 17.4 Å². The number of aryl methyl sites for hydroxylation is 2. The van der Waals surface area contributed by atoms with Crippen molar-refractivity contribution < 1.29 is 19.5 Å². The molecule has 2 amide bonds. The van der Waals surface area contributed by atoms with Gasteiger partial charge in [-0.15, -0.1) is 11.3 Å². The molecule has 1 fully saturated rings. The van der Waals surface area contributed by atoms with Crippen LogP contribution in [0.5, 0.6) is 0 Å². The van der Waals surface area contributed by atoms with E-state index in [2.05, 4.69) is 0 Å². The highest BCUT2D eigenvalue weighted by Crippen LogP contribution is 2.40. The summed E-state index contributed by atoms with van der Waals surface area (Å²) in [5, 5.41) is 10.4. The second-order valence-electron chi connectivity index (χ2n) is 8.61. The van der Waals surface area contributed by atoms with Gasteiger partial charge < -0.3 is 9.67 Å². The predicted molar refractivity (Wildman–Crippen MR) is 135 cm³/mol.